The summed E-state index contributed by atoms with van der Waals surface area (Å²) in [5.41, 5.74) is 5.38. The van der Waals surface area contributed by atoms with E-state index in [0.717, 1.165) is 27.8 Å². The molecule has 1 aliphatic rings. The molecule has 1 aromatic heterocycles. The van der Waals surface area contributed by atoms with Gasteiger partial charge in [0.2, 0.25) is 0 Å². The second kappa shape index (κ2) is 8.17. The van der Waals surface area contributed by atoms with Gasteiger partial charge in [-0.1, -0.05) is 22.9 Å². The molecule has 1 saturated carbocycles. The molecule has 1 aliphatic carbocycles. The average molecular weight is 420 g/mol. The Hall–Kier alpha value is -3.15. The first-order valence-electron chi connectivity index (χ1n) is 10.6. The second-order valence-corrected chi connectivity index (χ2v) is 8.68. The SMILES string of the molecule is Cc1cc(C)c(C2C(=O)CC(C(C)n3cc(-c4ccc(F)cc4)nn3)CC2=O)c(C)c1. The van der Waals surface area contributed by atoms with Crippen molar-refractivity contribution in [3.8, 4) is 11.3 Å². The minimum absolute atomic E-state index is 0.0259. The molecule has 1 fully saturated rings. The van der Waals surface area contributed by atoms with E-state index in [-0.39, 0.29) is 29.3 Å². The smallest absolute Gasteiger partial charge is 0.148 e. The number of halogens is 1. The molecule has 5 nitrogen and oxygen atoms in total. The molecule has 1 heterocycles. The highest BCUT2D eigenvalue weighted by Gasteiger charge is 2.40. The van der Waals surface area contributed by atoms with Gasteiger partial charge >= 0.3 is 0 Å². The fraction of sp³-hybridized carbons (Fsp3) is 0.360. The molecular weight excluding hydrogens is 393 g/mol. The second-order valence-electron chi connectivity index (χ2n) is 8.68. The van der Waals surface area contributed by atoms with Gasteiger partial charge in [-0.3, -0.25) is 9.59 Å². The fourth-order valence-electron chi connectivity index (χ4n) is 4.76. The van der Waals surface area contributed by atoms with Gasteiger partial charge in [0.15, 0.2) is 0 Å². The molecule has 3 aromatic rings. The summed E-state index contributed by atoms with van der Waals surface area (Å²) in [6.45, 7) is 7.91. The van der Waals surface area contributed by atoms with Crippen LogP contribution in [0.25, 0.3) is 11.3 Å². The number of carbonyl (C=O) groups excluding carboxylic acids is 2. The van der Waals surface area contributed by atoms with Gasteiger partial charge in [0.25, 0.3) is 0 Å². The Kier molecular flexibility index (Phi) is 5.56. The topological polar surface area (TPSA) is 64.8 Å². The maximum Gasteiger partial charge on any atom is 0.148 e. The number of hydrogen-bond donors (Lipinski definition) is 0. The number of nitrogens with zero attached hydrogens (tertiary/aromatic N) is 3. The van der Waals surface area contributed by atoms with Gasteiger partial charge in [-0.25, -0.2) is 9.07 Å². The van der Waals surface area contributed by atoms with Gasteiger partial charge in [0, 0.05) is 18.4 Å². The molecule has 0 N–H and O–H groups in total. The van der Waals surface area contributed by atoms with Crippen molar-refractivity contribution in [2.45, 2.75) is 52.5 Å². The van der Waals surface area contributed by atoms with Crippen molar-refractivity contribution in [2.24, 2.45) is 5.92 Å². The van der Waals surface area contributed by atoms with Crippen LogP contribution in [0.5, 0.6) is 0 Å². The molecule has 6 heteroatoms. The van der Waals surface area contributed by atoms with E-state index in [1.807, 2.05) is 39.8 Å². The highest BCUT2D eigenvalue weighted by molar-refractivity contribution is 6.10. The molecule has 0 bridgehead atoms. The third-order valence-electron chi connectivity index (χ3n) is 6.35. The van der Waals surface area contributed by atoms with E-state index in [1.165, 1.54) is 12.1 Å². The van der Waals surface area contributed by atoms with Crippen LogP contribution in [-0.4, -0.2) is 26.6 Å². The summed E-state index contributed by atoms with van der Waals surface area (Å²) in [5, 5.41) is 8.39. The maximum atomic E-state index is 13.2. The largest absolute Gasteiger partial charge is 0.299 e. The summed E-state index contributed by atoms with van der Waals surface area (Å²) in [5.74, 6) is -1.17. The van der Waals surface area contributed by atoms with E-state index in [1.54, 1.807) is 23.0 Å². The standard InChI is InChI=1S/C25H26FN3O2/c1-14-9-15(2)24(16(3)10-14)25-22(30)11-19(12-23(25)31)17(4)29-13-21(27-28-29)18-5-7-20(26)8-6-18/h5-10,13,17,19,25H,11-12H2,1-4H3. The number of Topliss-reactive ketones (excluding diaryl/α,β-unsaturated/α-hetero) is 2. The molecule has 2 aromatic carbocycles. The lowest BCUT2D eigenvalue weighted by molar-refractivity contribution is -0.134. The third kappa shape index (κ3) is 4.07. The summed E-state index contributed by atoms with van der Waals surface area (Å²) < 4.78 is 14.9. The lowest BCUT2D eigenvalue weighted by Gasteiger charge is -2.31. The Morgan fingerprint density at radius 1 is 1.00 bits per heavy atom. The van der Waals surface area contributed by atoms with Gasteiger partial charge < -0.3 is 0 Å². The molecule has 31 heavy (non-hydrogen) atoms. The van der Waals surface area contributed by atoms with Crippen LogP contribution in [0.15, 0.2) is 42.6 Å². The fourth-order valence-corrected chi connectivity index (χ4v) is 4.76. The number of aromatic nitrogens is 3. The zero-order valence-electron chi connectivity index (χ0n) is 18.2. The van der Waals surface area contributed by atoms with Crippen LogP contribution in [-0.2, 0) is 9.59 Å². The van der Waals surface area contributed by atoms with Gasteiger partial charge in [0.1, 0.15) is 29.0 Å². The first-order chi connectivity index (χ1) is 14.7. The van der Waals surface area contributed by atoms with Crippen LogP contribution in [0.4, 0.5) is 4.39 Å². The molecule has 0 saturated heterocycles. The first-order valence-corrected chi connectivity index (χ1v) is 10.6. The number of ketones is 2. The lowest BCUT2D eigenvalue weighted by Crippen LogP contribution is -2.35. The van der Waals surface area contributed by atoms with E-state index in [9.17, 15) is 14.0 Å². The molecule has 4 rings (SSSR count). The molecule has 1 atom stereocenters. The number of aryl methyl sites for hydroxylation is 3. The molecule has 0 aliphatic heterocycles. The van der Waals surface area contributed by atoms with Crippen LogP contribution in [0.1, 0.15) is 54.0 Å². The van der Waals surface area contributed by atoms with Crippen LogP contribution in [0.2, 0.25) is 0 Å². The van der Waals surface area contributed by atoms with Crippen molar-refractivity contribution in [2.75, 3.05) is 0 Å². The summed E-state index contributed by atoms with van der Waals surface area (Å²) >= 11 is 0. The molecule has 0 amide bonds. The first kappa shape index (κ1) is 21.1. The average Bonchev–Trinajstić information content (AvgIpc) is 3.19. The van der Waals surface area contributed by atoms with E-state index in [0.29, 0.717) is 18.5 Å². The predicted molar refractivity (Wildman–Crippen MR) is 116 cm³/mol. The van der Waals surface area contributed by atoms with E-state index in [4.69, 9.17) is 0 Å². The van der Waals surface area contributed by atoms with Crippen LogP contribution < -0.4 is 0 Å². The monoisotopic (exact) mass is 419 g/mol. The zero-order chi connectivity index (χ0) is 22.3. The number of carbonyl (C=O) groups is 2. The Morgan fingerprint density at radius 3 is 2.16 bits per heavy atom. The van der Waals surface area contributed by atoms with Gasteiger partial charge in [-0.15, -0.1) is 5.10 Å². The van der Waals surface area contributed by atoms with E-state index < -0.39 is 5.92 Å². The minimum Gasteiger partial charge on any atom is -0.299 e. The highest BCUT2D eigenvalue weighted by atomic mass is 19.1. The summed E-state index contributed by atoms with van der Waals surface area (Å²) in [7, 11) is 0. The third-order valence-corrected chi connectivity index (χ3v) is 6.35. The van der Waals surface area contributed by atoms with Crippen LogP contribution in [0, 0.1) is 32.5 Å². The molecule has 0 radical (unpaired) electrons. The molecule has 1 unspecified atom stereocenters. The van der Waals surface area contributed by atoms with Crippen molar-refractivity contribution in [3.63, 3.8) is 0 Å². The van der Waals surface area contributed by atoms with Crippen molar-refractivity contribution in [3.05, 3.63) is 70.7 Å². The molecule has 160 valence electrons. The van der Waals surface area contributed by atoms with Crippen molar-refractivity contribution >= 4 is 11.6 Å². The van der Waals surface area contributed by atoms with Gasteiger partial charge in [-0.05, 0) is 74.6 Å². The lowest BCUT2D eigenvalue weighted by atomic mass is 9.72. The Bertz CT molecular complexity index is 1110. The Labute approximate surface area is 181 Å². The van der Waals surface area contributed by atoms with Crippen molar-refractivity contribution < 1.29 is 14.0 Å². The van der Waals surface area contributed by atoms with Crippen molar-refractivity contribution in [1.82, 2.24) is 15.0 Å². The van der Waals surface area contributed by atoms with Crippen LogP contribution >= 0.6 is 0 Å². The van der Waals surface area contributed by atoms with Crippen LogP contribution in [0.3, 0.4) is 0 Å². The number of benzene rings is 2. The Morgan fingerprint density at radius 2 is 1.58 bits per heavy atom. The van der Waals surface area contributed by atoms with E-state index in [2.05, 4.69) is 10.3 Å². The number of rotatable bonds is 4. The maximum absolute atomic E-state index is 13.2. The normalized spacial score (nSPS) is 20.2. The Balaban J connectivity index is 1.54. The zero-order valence-corrected chi connectivity index (χ0v) is 18.2. The predicted octanol–water partition coefficient (Wildman–Crippen LogP) is 4.90. The summed E-state index contributed by atoms with van der Waals surface area (Å²) in [6.07, 6.45) is 2.44. The highest BCUT2D eigenvalue weighted by Crippen LogP contribution is 2.38. The quantitative estimate of drug-likeness (QED) is 0.564. The van der Waals surface area contributed by atoms with Gasteiger partial charge in [-0.2, -0.15) is 0 Å². The molecule has 0 spiro atoms. The van der Waals surface area contributed by atoms with Crippen molar-refractivity contribution in [1.29, 1.82) is 0 Å². The van der Waals surface area contributed by atoms with E-state index >= 15 is 0 Å². The number of hydrogen-bond acceptors (Lipinski definition) is 4. The van der Waals surface area contributed by atoms with Gasteiger partial charge in [0.05, 0.1) is 12.2 Å². The summed E-state index contributed by atoms with van der Waals surface area (Å²) in [6, 6.07) is 9.97. The summed E-state index contributed by atoms with van der Waals surface area (Å²) in [4.78, 5) is 26.2. The minimum atomic E-state index is -0.672. The molecular formula is C25H26FN3O2.